The molecule has 0 aromatic heterocycles. The van der Waals surface area contributed by atoms with Crippen molar-refractivity contribution in [2.24, 2.45) is 0 Å². The van der Waals surface area contributed by atoms with E-state index >= 15 is 0 Å². The van der Waals surface area contributed by atoms with E-state index in [-0.39, 0.29) is 12.2 Å². The second-order valence-electron chi connectivity index (χ2n) is 6.58. The molecule has 3 rings (SSSR count). The molecule has 1 aliphatic rings. The van der Waals surface area contributed by atoms with Crippen LogP contribution in [0.25, 0.3) is 11.1 Å². The smallest absolute Gasteiger partial charge is 0.106 e. The van der Waals surface area contributed by atoms with E-state index < -0.39 is 0 Å². The zero-order chi connectivity index (χ0) is 17.5. The number of nitriles is 1. The second kappa shape index (κ2) is 8.80. The fraction of sp³-hybridized carbons (Fsp3) is 0.409. The van der Waals surface area contributed by atoms with Gasteiger partial charge in [0, 0.05) is 0 Å². The molecule has 0 aliphatic carbocycles. The van der Waals surface area contributed by atoms with Gasteiger partial charge in [0.15, 0.2) is 0 Å². The lowest BCUT2D eigenvalue weighted by atomic mass is 10.0. The number of ether oxygens (including phenoxy) is 2. The third-order valence-electron chi connectivity index (χ3n) is 4.73. The van der Waals surface area contributed by atoms with Crippen molar-refractivity contribution in [3.05, 3.63) is 59.7 Å². The fourth-order valence-corrected chi connectivity index (χ4v) is 3.15. The highest BCUT2D eigenvalue weighted by molar-refractivity contribution is 5.64. The Hall–Kier alpha value is -2.15. The summed E-state index contributed by atoms with van der Waals surface area (Å²) in [6.07, 6.45) is 5.09. The molecule has 0 amide bonds. The third kappa shape index (κ3) is 4.69. The molecule has 2 aromatic carbocycles. The highest BCUT2D eigenvalue weighted by atomic mass is 16.6. The van der Waals surface area contributed by atoms with Gasteiger partial charge >= 0.3 is 0 Å². The first kappa shape index (κ1) is 17.7. The van der Waals surface area contributed by atoms with Crippen LogP contribution >= 0.6 is 0 Å². The number of hydrogen-bond acceptors (Lipinski definition) is 3. The SMILES string of the molecule is CCCCC[C@H]1CO[C@H](c2ccc(-c3ccc(C#N)cc3)cc2)CO1. The standard InChI is InChI=1S/C22H25NO2/c1-2-3-4-5-21-15-25-22(16-24-21)20-12-10-19(11-13-20)18-8-6-17(14-23)7-9-18/h6-13,21-22H,2-5,15-16H2,1H3/t21-,22-/m0/s1. The Kier molecular flexibility index (Phi) is 6.22. The fourth-order valence-electron chi connectivity index (χ4n) is 3.15. The van der Waals surface area contributed by atoms with Crippen molar-refractivity contribution < 1.29 is 9.47 Å². The molecular formula is C22H25NO2. The van der Waals surface area contributed by atoms with Crippen LogP contribution in [-0.2, 0) is 9.47 Å². The Bertz CT molecular complexity index is 692. The van der Waals surface area contributed by atoms with Crippen molar-refractivity contribution in [2.75, 3.05) is 13.2 Å². The molecule has 1 aliphatic heterocycles. The molecule has 3 heteroatoms. The Morgan fingerprint density at radius 2 is 1.60 bits per heavy atom. The highest BCUT2D eigenvalue weighted by Crippen LogP contribution is 2.27. The first-order valence-corrected chi connectivity index (χ1v) is 9.14. The van der Waals surface area contributed by atoms with Gasteiger partial charge in [-0.2, -0.15) is 5.26 Å². The van der Waals surface area contributed by atoms with E-state index in [0.29, 0.717) is 18.8 Å². The van der Waals surface area contributed by atoms with Gasteiger partial charge in [-0.1, -0.05) is 62.6 Å². The van der Waals surface area contributed by atoms with Crippen LogP contribution in [-0.4, -0.2) is 19.3 Å². The van der Waals surface area contributed by atoms with Crippen LogP contribution in [0.3, 0.4) is 0 Å². The molecule has 0 unspecified atom stereocenters. The highest BCUT2D eigenvalue weighted by Gasteiger charge is 2.23. The van der Waals surface area contributed by atoms with Crippen LogP contribution in [0.2, 0.25) is 0 Å². The van der Waals surface area contributed by atoms with E-state index in [9.17, 15) is 0 Å². The zero-order valence-corrected chi connectivity index (χ0v) is 14.8. The number of unbranched alkanes of at least 4 members (excludes halogenated alkanes) is 2. The molecule has 0 spiro atoms. The number of nitrogens with zero attached hydrogens (tertiary/aromatic N) is 1. The molecule has 1 fully saturated rings. The van der Waals surface area contributed by atoms with Crippen molar-refractivity contribution in [1.29, 1.82) is 5.26 Å². The minimum atomic E-state index is 0.0254. The zero-order valence-electron chi connectivity index (χ0n) is 14.8. The summed E-state index contributed by atoms with van der Waals surface area (Å²) in [4.78, 5) is 0. The van der Waals surface area contributed by atoms with E-state index in [0.717, 1.165) is 23.1 Å². The molecule has 0 bridgehead atoms. The van der Waals surface area contributed by atoms with Gasteiger partial charge in [0.05, 0.1) is 31.0 Å². The molecule has 1 saturated heterocycles. The van der Waals surface area contributed by atoms with Crippen LogP contribution in [0.4, 0.5) is 0 Å². The summed E-state index contributed by atoms with van der Waals surface area (Å²) in [5.41, 5.74) is 4.09. The van der Waals surface area contributed by atoms with Crippen molar-refractivity contribution in [2.45, 2.75) is 44.8 Å². The normalized spacial score (nSPS) is 20.2. The van der Waals surface area contributed by atoms with Gasteiger partial charge in [-0.05, 0) is 35.2 Å². The molecule has 2 aromatic rings. The first-order chi connectivity index (χ1) is 12.3. The van der Waals surface area contributed by atoms with Crippen LogP contribution in [0, 0.1) is 11.3 Å². The maximum Gasteiger partial charge on any atom is 0.106 e. The van der Waals surface area contributed by atoms with Gasteiger partial charge in [-0.15, -0.1) is 0 Å². The molecule has 0 radical (unpaired) electrons. The molecular weight excluding hydrogens is 310 g/mol. The lowest BCUT2D eigenvalue weighted by Gasteiger charge is -2.30. The lowest BCUT2D eigenvalue weighted by Crippen LogP contribution is -2.31. The van der Waals surface area contributed by atoms with Crippen molar-refractivity contribution >= 4 is 0 Å². The molecule has 0 N–H and O–H groups in total. The summed E-state index contributed by atoms with van der Waals surface area (Å²) < 4.78 is 12.0. The van der Waals surface area contributed by atoms with E-state index in [1.54, 1.807) is 0 Å². The number of benzene rings is 2. The summed E-state index contributed by atoms with van der Waals surface area (Å²) >= 11 is 0. The van der Waals surface area contributed by atoms with Gasteiger partial charge in [0.2, 0.25) is 0 Å². The van der Waals surface area contributed by atoms with Crippen molar-refractivity contribution in [1.82, 2.24) is 0 Å². The lowest BCUT2D eigenvalue weighted by molar-refractivity contribution is -0.137. The summed E-state index contributed by atoms with van der Waals surface area (Å²) in [7, 11) is 0. The summed E-state index contributed by atoms with van der Waals surface area (Å²) in [5.74, 6) is 0. The average Bonchev–Trinajstić information content (AvgIpc) is 2.69. The minimum Gasteiger partial charge on any atom is -0.373 e. The van der Waals surface area contributed by atoms with Crippen LogP contribution in [0.15, 0.2) is 48.5 Å². The molecule has 2 atom stereocenters. The second-order valence-corrected chi connectivity index (χ2v) is 6.58. The van der Waals surface area contributed by atoms with Crippen LogP contribution in [0.5, 0.6) is 0 Å². The van der Waals surface area contributed by atoms with E-state index in [1.807, 2.05) is 24.3 Å². The topological polar surface area (TPSA) is 42.2 Å². The molecule has 1 heterocycles. The molecule has 130 valence electrons. The largest absolute Gasteiger partial charge is 0.373 e. The van der Waals surface area contributed by atoms with Gasteiger partial charge in [0.25, 0.3) is 0 Å². The van der Waals surface area contributed by atoms with Crippen LogP contribution in [0.1, 0.15) is 49.8 Å². The Morgan fingerprint density at radius 3 is 2.16 bits per heavy atom. The van der Waals surface area contributed by atoms with Crippen molar-refractivity contribution in [3.63, 3.8) is 0 Å². The Labute approximate surface area is 150 Å². The summed E-state index contributed by atoms with van der Waals surface area (Å²) in [6, 6.07) is 18.2. The van der Waals surface area contributed by atoms with Gasteiger partial charge in [0.1, 0.15) is 6.10 Å². The Balaban J connectivity index is 1.57. The van der Waals surface area contributed by atoms with E-state index in [2.05, 4.69) is 37.3 Å². The maximum atomic E-state index is 8.88. The molecule has 0 saturated carbocycles. The monoisotopic (exact) mass is 335 g/mol. The first-order valence-electron chi connectivity index (χ1n) is 9.14. The van der Waals surface area contributed by atoms with E-state index in [1.165, 1.54) is 19.3 Å². The molecule has 25 heavy (non-hydrogen) atoms. The Morgan fingerprint density at radius 1 is 0.920 bits per heavy atom. The number of rotatable bonds is 6. The maximum absolute atomic E-state index is 8.88. The van der Waals surface area contributed by atoms with Crippen molar-refractivity contribution in [3.8, 4) is 17.2 Å². The van der Waals surface area contributed by atoms with E-state index in [4.69, 9.17) is 14.7 Å². The summed E-state index contributed by atoms with van der Waals surface area (Å²) in [6.45, 7) is 3.54. The predicted molar refractivity (Wildman–Crippen MR) is 99.2 cm³/mol. The molecule has 3 nitrogen and oxygen atoms in total. The third-order valence-corrected chi connectivity index (χ3v) is 4.73. The summed E-state index contributed by atoms with van der Waals surface area (Å²) in [5, 5.41) is 8.88. The van der Waals surface area contributed by atoms with Gasteiger partial charge in [-0.25, -0.2) is 0 Å². The average molecular weight is 335 g/mol. The predicted octanol–water partition coefficient (Wildman–Crippen LogP) is 5.26. The quantitative estimate of drug-likeness (QED) is 0.676. The van der Waals surface area contributed by atoms with Crippen LogP contribution < -0.4 is 0 Å². The minimum absolute atomic E-state index is 0.0254. The number of hydrogen-bond donors (Lipinski definition) is 0. The van der Waals surface area contributed by atoms with Gasteiger partial charge < -0.3 is 9.47 Å². The van der Waals surface area contributed by atoms with Gasteiger partial charge in [-0.3, -0.25) is 0 Å².